The van der Waals surface area contributed by atoms with E-state index in [0.29, 0.717) is 70.1 Å². The van der Waals surface area contributed by atoms with Gasteiger partial charge in [-0.25, -0.2) is 18.7 Å². The lowest BCUT2D eigenvalue weighted by atomic mass is 10.0. The molecular formula is C34H43F2N7O5. The van der Waals surface area contributed by atoms with Crippen molar-refractivity contribution in [2.75, 3.05) is 33.9 Å². The monoisotopic (exact) mass is 667 g/mol. The first kappa shape index (κ1) is 33.7. The van der Waals surface area contributed by atoms with Crippen molar-refractivity contribution in [1.82, 2.24) is 29.3 Å². The number of fused-ring (bicyclic) bond motifs is 2. The van der Waals surface area contributed by atoms with Crippen LogP contribution < -0.4 is 15.8 Å². The van der Waals surface area contributed by atoms with Crippen LogP contribution in [0.25, 0.3) is 33.6 Å². The highest BCUT2D eigenvalue weighted by Gasteiger charge is 2.35. The van der Waals surface area contributed by atoms with Crippen LogP contribution in [0.3, 0.4) is 0 Å². The van der Waals surface area contributed by atoms with Crippen molar-refractivity contribution < 1.29 is 32.6 Å². The molecule has 14 heteroatoms. The minimum absolute atomic E-state index is 0.00378. The number of rotatable bonds is 4. The Hall–Kier alpha value is -4.14. The molecule has 48 heavy (non-hydrogen) atoms. The van der Waals surface area contributed by atoms with E-state index in [1.807, 2.05) is 6.07 Å². The number of pyridine rings is 1. The Bertz CT molecular complexity index is 1870. The zero-order valence-electron chi connectivity index (χ0n) is 28.2. The highest BCUT2D eigenvalue weighted by atomic mass is 19.3. The lowest BCUT2D eigenvalue weighted by molar-refractivity contribution is -0.144. The first-order chi connectivity index (χ1) is 22.7. The van der Waals surface area contributed by atoms with Crippen molar-refractivity contribution in [3.05, 3.63) is 41.6 Å². The molecule has 0 unspecified atom stereocenters. The van der Waals surface area contributed by atoms with E-state index in [4.69, 9.17) is 29.9 Å². The van der Waals surface area contributed by atoms with Gasteiger partial charge in [0, 0.05) is 57.3 Å². The predicted molar refractivity (Wildman–Crippen MR) is 176 cm³/mol. The lowest BCUT2D eigenvalue weighted by Gasteiger charge is -2.36. The zero-order chi connectivity index (χ0) is 34.5. The fourth-order valence-corrected chi connectivity index (χ4v) is 6.65. The van der Waals surface area contributed by atoms with Gasteiger partial charge in [-0.2, -0.15) is 0 Å². The van der Waals surface area contributed by atoms with Gasteiger partial charge < -0.3 is 39.3 Å². The number of methoxy groups -OCH3 is 2. The van der Waals surface area contributed by atoms with Crippen molar-refractivity contribution in [3.8, 4) is 17.3 Å². The molecule has 3 aromatic heterocycles. The van der Waals surface area contributed by atoms with Crippen molar-refractivity contribution >= 4 is 33.9 Å². The molecule has 6 rings (SSSR count). The maximum absolute atomic E-state index is 15.7. The number of alkyl halides is 2. The van der Waals surface area contributed by atoms with E-state index in [1.54, 1.807) is 68.7 Å². The summed E-state index contributed by atoms with van der Waals surface area (Å²) in [5, 5.41) is 3.59. The third-order valence-electron chi connectivity index (χ3n) is 9.46. The van der Waals surface area contributed by atoms with E-state index in [1.165, 1.54) is 11.7 Å². The Morgan fingerprint density at radius 3 is 2.65 bits per heavy atom. The van der Waals surface area contributed by atoms with Gasteiger partial charge >= 0.3 is 0 Å². The van der Waals surface area contributed by atoms with Crippen LogP contribution >= 0.6 is 0 Å². The molecule has 5 heterocycles. The molecule has 2 aliphatic rings. The van der Waals surface area contributed by atoms with Crippen LogP contribution in [-0.4, -0.2) is 93.4 Å². The van der Waals surface area contributed by atoms with Gasteiger partial charge in [0.05, 0.1) is 42.7 Å². The lowest BCUT2D eigenvalue weighted by Crippen LogP contribution is -2.53. The molecule has 2 amide bonds. The van der Waals surface area contributed by atoms with Gasteiger partial charge in [0.15, 0.2) is 5.82 Å². The Kier molecular flexibility index (Phi) is 8.94. The molecule has 0 saturated carbocycles. The number of likely N-dealkylation sites (tertiary alicyclic amines) is 1. The Morgan fingerprint density at radius 1 is 1.17 bits per heavy atom. The zero-order valence-corrected chi connectivity index (χ0v) is 28.2. The maximum atomic E-state index is 15.7. The Balaban J connectivity index is 1.45. The molecule has 1 fully saturated rings. The minimum Gasteiger partial charge on any atom is -0.494 e. The molecule has 4 aromatic rings. The van der Waals surface area contributed by atoms with Gasteiger partial charge in [-0.05, 0) is 63.9 Å². The number of piperidine rings is 1. The van der Waals surface area contributed by atoms with Gasteiger partial charge in [0.1, 0.15) is 22.5 Å². The van der Waals surface area contributed by atoms with Crippen LogP contribution in [0.1, 0.15) is 62.1 Å². The highest BCUT2D eigenvalue weighted by molar-refractivity contribution is 6.00. The molecule has 1 saturated heterocycles. The molecule has 12 nitrogen and oxygen atoms in total. The number of carbonyl (C=O) groups excluding carboxylic acids is 2. The standard InChI is InChI=1S/C34H43F2N7O5/c1-19-23-9-8-20-15-25(43(29(20)39-23)18-34(35,36)11-7-13-48-33(2,3)32(45)38-19)30-40-24-14-21(16-27(47-6)28(24)41(30)4)31(44)42-12-10-26(46-5)22(37)17-42/h8-9,14-16,19,22,26H,7,10-13,17-18,37H2,1-6H3,(H,38,45)/t19-,22+,26-/m1/s1. The van der Waals surface area contributed by atoms with E-state index in [9.17, 15) is 9.59 Å². The van der Waals surface area contributed by atoms with Crippen LogP contribution in [0.2, 0.25) is 0 Å². The summed E-state index contributed by atoms with van der Waals surface area (Å²) in [6.07, 6.45) is 0.110. The Morgan fingerprint density at radius 2 is 1.94 bits per heavy atom. The number of halogens is 2. The highest BCUT2D eigenvalue weighted by Crippen LogP contribution is 2.37. The molecule has 2 bridgehead atoms. The number of carbonyl (C=O) groups is 2. The number of imidazole rings is 1. The first-order valence-electron chi connectivity index (χ1n) is 16.2. The largest absolute Gasteiger partial charge is 0.494 e. The van der Waals surface area contributed by atoms with E-state index in [0.717, 1.165) is 0 Å². The van der Waals surface area contributed by atoms with E-state index in [-0.39, 0.29) is 37.0 Å². The summed E-state index contributed by atoms with van der Waals surface area (Å²) in [5.41, 5.74) is 7.83. The van der Waals surface area contributed by atoms with Gasteiger partial charge in [0.25, 0.3) is 17.7 Å². The maximum Gasteiger partial charge on any atom is 0.265 e. The fraction of sp³-hybridized carbons (Fsp3) is 0.529. The summed E-state index contributed by atoms with van der Waals surface area (Å²) in [4.78, 5) is 38.0. The fourth-order valence-electron chi connectivity index (χ4n) is 6.65. The van der Waals surface area contributed by atoms with Gasteiger partial charge in [-0.15, -0.1) is 0 Å². The van der Waals surface area contributed by atoms with E-state index in [2.05, 4.69) is 5.32 Å². The molecule has 258 valence electrons. The topological polar surface area (TPSA) is 139 Å². The number of aromatic nitrogens is 4. The van der Waals surface area contributed by atoms with Crippen LogP contribution in [0.4, 0.5) is 8.78 Å². The molecule has 2 aliphatic heterocycles. The molecule has 1 aromatic carbocycles. The first-order valence-corrected chi connectivity index (χ1v) is 16.2. The minimum atomic E-state index is -3.12. The second kappa shape index (κ2) is 12.7. The summed E-state index contributed by atoms with van der Waals surface area (Å²) >= 11 is 0. The number of nitrogens with two attached hydrogens (primary N) is 1. The summed E-state index contributed by atoms with van der Waals surface area (Å²) in [6.45, 7) is 5.24. The van der Waals surface area contributed by atoms with Crippen molar-refractivity contribution in [2.45, 2.75) is 76.3 Å². The molecule has 0 spiro atoms. The predicted octanol–water partition coefficient (Wildman–Crippen LogP) is 4.19. The van der Waals surface area contributed by atoms with Gasteiger partial charge in [-0.3, -0.25) is 9.59 Å². The normalized spacial score (nSPS) is 23.3. The smallest absolute Gasteiger partial charge is 0.265 e. The van der Waals surface area contributed by atoms with Crippen LogP contribution in [0.5, 0.6) is 5.75 Å². The van der Waals surface area contributed by atoms with Crippen molar-refractivity contribution in [3.63, 3.8) is 0 Å². The van der Waals surface area contributed by atoms with Crippen LogP contribution in [0, 0.1) is 0 Å². The van der Waals surface area contributed by atoms with E-state index >= 15 is 8.78 Å². The van der Waals surface area contributed by atoms with E-state index < -0.39 is 30.5 Å². The van der Waals surface area contributed by atoms with Crippen molar-refractivity contribution in [2.24, 2.45) is 12.8 Å². The number of aryl methyl sites for hydroxylation is 1. The number of nitrogens with one attached hydrogen (secondary N) is 1. The van der Waals surface area contributed by atoms with Gasteiger partial charge in [0.2, 0.25) is 0 Å². The average Bonchev–Trinajstić information content (AvgIpc) is 3.57. The number of ether oxygens (including phenoxy) is 3. The number of benzene rings is 1. The molecule has 3 atom stereocenters. The SMILES string of the molecule is COc1cc(C(=O)N2CC[C@@H](OC)[C@@H](N)C2)cc2nc(-c3cc4ccc5nc4n3CC(F)(F)CCCOC(C)(C)C(=O)N[C@@H]5C)n(C)c12. The summed E-state index contributed by atoms with van der Waals surface area (Å²) in [6, 6.07) is 7.92. The number of nitrogens with zero attached hydrogens (tertiary/aromatic N) is 5. The molecule has 0 aliphatic carbocycles. The second-order valence-electron chi connectivity index (χ2n) is 13.3. The quantitative estimate of drug-likeness (QED) is 0.331. The Labute approximate surface area is 277 Å². The molecule has 3 N–H and O–H groups in total. The van der Waals surface area contributed by atoms with Gasteiger partial charge in [-0.1, -0.05) is 0 Å². The third-order valence-corrected chi connectivity index (χ3v) is 9.46. The summed E-state index contributed by atoms with van der Waals surface area (Å²) < 4.78 is 51.6. The molecule has 0 radical (unpaired) electrons. The average molecular weight is 668 g/mol. The summed E-state index contributed by atoms with van der Waals surface area (Å²) in [7, 11) is 4.91. The van der Waals surface area contributed by atoms with Crippen molar-refractivity contribution in [1.29, 1.82) is 0 Å². The number of amides is 2. The summed E-state index contributed by atoms with van der Waals surface area (Å²) in [5.74, 6) is -2.87. The third kappa shape index (κ3) is 6.24. The van der Waals surface area contributed by atoms with Crippen LogP contribution in [0.15, 0.2) is 30.3 Å². The van der Waals surface area contributed by atoms with Crippen LogP contribution in [-0.2, 0) is 27.9 Å². The number of hydrogen-bond donors (Lipinski definition) is 2. The second-order valence-corrected chi connectivity index (χ2v) is 13.3. The number of hydrogen-bond acceptors (Lipinski definition) is 8. The molecular weight excluding hydrogens is 624 g/mol.